The number of amides is 2. The lowest BCUT2D eigenvalue weighted by Gasteiger charge is -2.20. The Bertz CT molecular complexity index is 353. The number of anilines is 1. The van der Waals surface area contributed by atoms with Crippen molar-refractivity contribution in [2.45, 2.75) is 12.8 Å². The molecule has 6 heteroatoms. The van der Waals surface area contributed by atoms with E-state index in [1.807, 2.05) is 0 Å². The predicted octanol–water partition coefficient (Wildman–Crippen LogP) is 0.608. The van der Waals surface area contributed by atoms with E-state index in [0.29, 0.717) is 24.5 Å². The van der Waals surface area contributed by atoms with Crippen LogP contribution in [0, 0.1) is 5.92 Å². The Balaban J connectivity index is 1.89. The summed E-state index contributed by atoms with van der Waals surface area (Å²) in [6.07, 6.45) is 2.68. The molecule has 1 saturated heterocycles. The molecule has 1 aromatic heterocycles. The van der Waals surface area contributed by atoms with Gasteiger partial charge in [-0.05, 0) is 6.42 Å². The average Bonchev–Trinajstić information content (AvgIpc) is 2.71. The molecule has 2 N–H and O–H groups in total. The van der Waals surface area contributed by atoms with E-state index in [-0.39, 0.29) is 17.7 Å². The Labute approximate surface area is 90.9 Å². The molecular weight excluding hydrogens is 214 g/mol. The molecule has 0 saturated carbocycles. The first kappa shape index (κ1) is 10.1. The molecular formula is C9H11N3O2S. The van der Waals surface area contributed by atoms with Crippen LogP contribution in [0.1, 0.15) is 12.8 Å². The Morgan fingerprint density at radius 1 is 1.67 bits per heavy atom. The highest BCUT2D eigenvalue weighted by Crippen LogP contribution is 2.16. The highest BCUT2D eigenvalue weighted by Gasteiger charge is 2.24. The van der Waals surface area contributed by atoms with Gasteiger partial charge in [-0.25, -0.2) is 4.98 Å². The number of carbonyl (C=O) groups is 2. The summed E-state index contributed by atoms with van der Waals surface area (Å²) in [6.45, 7) is 0.427. The van der Waals surface area contributed by atoms with E-state index in [9.17, 15) is 9.59 Å². The second kappa shape index (κ2) is 4.39. The third-order valence-electron chi connectivity index (χ3n) is 2.30. The number of nitrogens with one attached hydrogen (secondary N) is 2. The van der Waals surface area contributed by atoms with Gasteiger partial charge in [-0.1, -0.05) is 0 Å². The Morgan fingerprint density at radius 2 is 2.53 bits per heavy atom. The van der Waals surface area contributed by atoms with Crippen LogP contribution >= 0.6 is 11.3 Å². The first-order valence-electron chi connectivity index (χ1n) is 4.73. The van der Waals surface area contributed by atoms with Crippen LogP contribution in [0.5, 0.6) is 0 Å². The molecule has 2 rings (SSSR count). The summed E-state index contributed by atoms with van der Waals surface area (Å²) in [4.78, 5) is 26.5. The summed E-state index contributed by atoms with van der Waals surface area (Å²) < 4.78 is 0. The summed E-state index contributed by atoms with van der Waals surface area (Å²) in [7, 11) is 0. The zero-order chi connectivity index (χ0) is 10.7. The molecule has 80 valence electrons. The maximum absolute atomic E-state index is 11.7. The third-order valence-corrected chi connectivity index (χ3v) is 2.99. The lowest BCUT2D eigenvalue weighted by molar-refractivity contribution is -0.126. The SMILES string of the molecule is O=C1CC[C@@H](C(=O)Nc2nccs2)CN1. The number of carbonyl (C=O) groups excluding carboxylic acids is 2. The summed E-state index contributed by atoms with van der Waals surface area (Å²) >= 11 is 1.39. The number of piperidine rings is 1. The van der Waals surface area contributed by atoms with Crippen molar-refractivity contribution >= 4 is 28.3 Å². The van der Waals surface area contributed by atoms with E-state index in [4.69, 9.17) is 0 Å². The number of nitrogens with zero attached hydrogens (tertiary/aromatic N) is 1. The Kier molecular flexibility index (Phi) is 2.96. The number of thiazole rings is 1. The highest BCUT2D eigenvalue weighted by molar-refractivity contribution is 7.13. The minimum Gasteiger partial charge on any atom is -0.355 e. The van der Waals surface area contributed by atoms with E-state index in [2.05, 4.69) is 15.6 Å². The van der Waals surface area contributed by atoms with Crippen LogP contribution in [0.3, 0.4) is 0 Å². The molecule has 0 spiro atoms. The molecule has 0 bridgehead atoms. The minimum absolute atomic E-state index is 0.0216. The zero-order valence-electron chi connectivity index (χ0n) is 8.03. The van der Waals surface area contributed by atoms with Gasteiger partial charge < -0.3 is 10.6 Å². The Hall–Kier alpha value is -1.43. The number of hydrogen-bond donors (Lipinski definition) is 2. The van der Waals surface area contributed by atoms with E-state index >= 15 is 0 Å². The van der Waals surface area contributed by atoms with Crippen LogP contribution < -0.4 is 10.6 Å². The fraction of sp³-hybridized carbons (Fsp3) is 0.444. The quantitative estimate of drug-likeness (QED) is 0.774. The van der Waals surface area contributed by atoms with Gasteiger partial charge >= 0.3 is 0 Å². The lowest BCUT2D eigenvalue weighted by Crippen LogP contribution is -2.40. The van der Waals surface area contributed by atoms with Gasteiger partial charge in [-0.2, -0.15) is 0 Å². The highest BCUT2D eigenvalue weighted by atomic mass is 32.1. The van der Waals surface area contributed by atoms with Gasteiger partial charge in [-0.3, -0.25) is 9.59 Å². The van der Waals surface area contributed by atoms with Crippen molar-refractivity contribution in [3.05, 3.63) is 11.6 Å². The van der Waals surface area contributed by atoms with Gasteiger partial charge in [0.1, 0.15) is 0 Å². The summed E-state index contributed by atoms with van der Waals surface area (Å²) in [5.41, 5.74) is 0. The van der Waals surface area contributed by atoms with E-state index < -0.39 is 0 Å². The first-order chi connectivity index (χ1) is 7.25. The molecule has 5 nitrogen and oxygen atoms in total. The van der Waals surface area contributed by atoms with Crippen LogP contribution in [0.4, 0.5) is 5.13 Å². The largest absolute Gasteiger partial charge is 0.355 e. The molecule has 1 atom stereocenters. The van der Waals surface area contributed by atoms with E-state index in [1.54, 1.807) is 11.6 Å². The molecule has 0 radical (unpaired) electrons. The fourth-order valence-corrected chi connectivity index (χ4v) is 1.98. The van der Waals surface area contributed by atoms with Crippen LogP contribution in [-0.4, -0.2) is 23.3 Å². The first-order valence-corrected chi connectivity index (χ1v) is 5.61. The van der Waals surface area contributed by atoms with Crippen LogP contribution in [0.25, 0.3) is 0 Å². The van der Waals surface area contributed by atoms with Crippen LogP contribution in [-0.2, 0) is 9.59 Å². The monoisotopic (exact) mass is 225 g/mol. The topological polar surface area (TPSA) is 71.1 Å². The van der Waals surface area contributed by atoms with Gasteiger partial charge in [0.15, 0.2) is 5.13 Å². The van der Waals surface area contributed by atoms with Crippen molar-refractivity contribution in [3.63, 3.8) is 0 Å². The van der Waals surface area contributed by atoms with Crippen molar-refractivity contribution in [1.82, 2.24) is 10.3 Å². The summed E-state index contributed by atoms with van der Waals surface area (Å²) in [5, 5.41) is 7.81. The average molecular weight is 225 g/mol. The summed E-state index contributed by atoms with van der Waals surface area (Å²) in [5.74, 6) is -0.176. The van der Waals surface area contributed by atoms with Crippen molar-refractivity contribution < 1.29 is 9.59 Å². The van der Waals surface area contributed by atoms with Crippen molar-refractivity contribution in [2.24, 2.45) is 5.92 Å². The standard InChI is InChI=1S/C9H11N3O2S/c13-7-2-1-6(5-11-7)8(14)12-9-10-3-4-15-9/h3-4,6H,1-2,5H2,(H,11,13)(H,10,12,14)/t6-/m1/s1. The molecule has 0 aromatic carbocycles. The predicted molar refractivity (Wildman–Crippen MR) is 56.5 cm³/mol. The maximum Gasteiger partial charge on any atom is 0.231 e. The molecule has 1 aliphatic rings. The van der Waals surface area contributed by atoms with Crippen LogP contribution in [0.15, 0.2) is 11.6 Å². The lowest BCUT2D eigenvalue weighted by atomic mass is 9.98. The third kappa shape index (κ3) is 2.53. The number of aromatic nitrogens is 1. The molecule has 0 unspecified atom stereocenters. The molecule has 1 aromatic rings. The van der Waals surface area contributed by atoms with Gasteiger partial charge in [0.25, 0.3) is 0 Å². The van der Waals surface area contributed by atoms with Gasteiger partial charge in [-0.15, -0.1) is 11.3 Å². The van der Waals surface area contributed by atoms with Crippen molar-refractivity contribution in [1.29, 1.82) is 0 Å². The molecule has 1 aliphatic heterocycles. The van der Waals surface area contributed by atoms with Gasteiger partial charge in [0, 0.05) is 24.5 Å². The maximum atomic E-state index is 11.7. The Morgan fingerprint density at radius 3 is 3.13 bits per heavy atom. The second-order valence-electron chi connectivity index (χ2n) is 3.37. The molecule has 2 heterocycles. The van der Waals surface area contributed by atoms with Crippen LogP contribution in [0.2, 0.25) is 0 Å². The molecule has 0 aliphatic carbocycles. The van der Waals surface area contributed by atoms with Gasteiger partial charge in [0.05, 0.1) is 5.92 Å². The number of rotatable bonds is 2. The minimum atomic E-state index is -0.133. The zero-order valence-corrected chi connectivity index (χ0v) is 8.84. The molecule has 1 fully saturated rings. The van der Waals surface area contributed by atoms with E-state index in [1.165, 1.54) is 11.3 Å². The van der Waals surface area contributed by atoms with E-state index in [0.717, 1.165) is 0 Å². The summed E-state index contributed by atoms with van der Waals surface area (Å²) in [6, 6.07) is 0. The smallest absolute Gasteiger partial charge is 0.231 e. The number of hydrogen-bond acceptors (Lipinski definition) is 4. The van der Waals surface area contributed by atoms with Crippen molar-refractivity contribution in [3.8, 4) is 0 Å². The normalized spacial score (nSPS) is 20.8. The molecule has 2 amide bonds. The van der Waals surface area contributed by atoms with Crippen molar-refractivity contribution in [2.75, 3.05) is 11.9 Å². The second-order valence-corrected chi connectivity index (χ2v) is 4.26. The van der Waals surface area contributed by atoms with Gasteiger partial charge in [0.2, 0.25) is 11.8 Å². The fourth-order valence-electron chi connectivity index (χ4n) is 1.45. The molecule has 15 heavy (non-hydrogen) atoms.